The molecule has 0 aromatic carbocycles. The van der Waals surface area contributed by atoms with Gasteiger partial charge in [0.1, 0.15) is 11.6 Å². The highest BCUT2D eigenvalue weighted by Crippen LogP contribution is 2.40. The van der Waals surface area contributed by atoms with Gasteiger partial charge in [0.25, 0.3) is 0 Å². The van der Waals surface area contributed by atoms with Gasteiger partial charge in [0, 0.05) is 105 Å². The number of amides is 4. The van der Waals surface area contributed by atoms with Gasteiger partial charge >= 0.3 is 6.03 Å². The number of rotatable bonds is 43. The van der Waals surface area contributed by atoms with Crippen LogP contribution in [-0.4, -0.2) is 198 Å². The summed E-state index contributed by atoms with van der Waals surface area (Å²) in [7, 11) is 0. The zero-order valence-electron chi connectivity index (χ0n) is 56.7. The van der Waals surface area contributed by atoms with Crippen molar-refractivity contribution >= 4 is 41.2 Å². The first kappa shape index (κ1) is 77.9. The SMILES string of the molecule is C=C1N[C@H]2[C@H](CS[C@H]2CCCCC(=O)NCCOCC)N1.CCOCCNC(=O)CCCCC[C@@H]1NC(=O)N[C@@H]1C.CCOCCOCCn1cc(CCC2(CC(=O)C(C)(C)C)N=N2)nn1.CCOCCOCCn1cc(CCC2(CC(=O)C(C)(C)C)N=N2)nn1. The molecule has 0 saturated carbocycles. The molecule has 7 heterocycles. The molecule has 0 radical (unpaired) electrons. The van der Waals surface area contributed by atoms with Gasteiger partial charge in [-0.1, -0.05) is 77.8 Å². The second kappa shape index (κ2) is 41.9. The number of aryl methyl sites for hydroxylation is 2. The molecule has 0 bridgehead atoms. The van der Waals surface area contributed by atoms with Gasteiger partial charge < -0.3 is 60.3 Å². The number of ether oxygens (including phenoxy) is 6. The summed E-state index contributed by atoms with van der Waals surface area (Å²) in [4.78, 5) is 58.6. The van der Waals surface area contributed by atoms with Crippen LogP contribution >= 0.6 is 11.8 Å². The van der Waals surface area contributed by atoms with Crippen molar-refractivity contribution in [2.45, 2.75) is 226 Å². The number of carbonyl (C=O) groups excluding carboxylic acids is 5. The maximum atomic E-state index is 12.2. The smallest absolute Gasteiger partial charge is 0.315 e. The molecule has 0 spiro atoms. The highest BCUT2D eigenvalue weighted by atomic mass is 32.2. The molecule has 27 nitrogen and oxygen atoms in total. The number of nitrogens with zero attached hydrogens (tertiary/aromatic N) is 10. The van der Waals surface area contributed by atoms with Crippen LogP contribution in [0.4, 0.5) is 4.79 Å². The molecule has 91 heavy (non-hydrogen) atoms. The lowest BCUT2D eigenvalue weighted by Crippen LogP contribution is -2.36. The Morgan fingerprint density at radius 2 is 1.05 bits per heavy atom. The van der Waals surface area contributed by atoms with Crippen molar-refractivity contribution in [3.05, 3.63) is 36.2 Å². The van der Waals surface area contributed by atoms with E-state index in [1.807, 2.05) is 100 Å². The van der Waals surface area contributed by atoms with E-state index in [-0.39, 0.29) is 52.3 Å². The van der Waals surface area contributed by atoms with E-state index in [1.165, 1.54) is 6.42 Å². The molecule has 3 fully saturated rings. The lowest BCUT2D eigenvalue weighted by molar-refractivity contribution is -0.127. The quantitative estimate of drug-likeness (QED) is 0.0356. The Morgan fingerprint density at radius 3 is 1.49 bits per heavy atom. The third-order valence-electron chi connectivity index (χ3n) is 15.6. The summed E-state index contributed by atoms with van der Waals surface area (Å²) in [5.74, 6) is 2.72. The Bertz CT molecular complexity index is 2400. The molecule has 516 valence electrons. The molecule has 5 atom stereocenters. The van der Waals surface area contributed by atoms with Crippen molar-refractivity contribution in [2.75, 3.05) is 98.1 Å². The Kier molecular flexibility index (Phi) is 35.9. The van der Waals surface area contributed by atoms with Crippen molar-refractivity contribution in [1.82, 2.24) is 61.9 Å². The van der Waals surface area contributed by atoms with Crippen molar-refractivity contribution < 1.29 is 52.4 Å². The third-order valence-corrected chi connectivity index (χ3v) is 17.1. The molecular weight excluding hydrogens is 1190 g/mol. The van der Waals surface area contributed by atoms with E-state index >= 15 is 0 Å². The number of Topliss-reactive ketones (excluding diaryl/α,β-unsaturated/α-hetero) is 2. The normalized spacial score (nSPS) is 19.5. The molecule has 4 amide bonds. The standard InChI is InChI=1S/2C17H29N5O3.C15H27N3O2S.C14H27N3O3/c2*1-5-24-10-11-25-9-8-22-13-14(18-21-22)6-7-17(19-20-17)12-15(23)16(2,3)4;1-3-20-9-8-16-14(19)7-5-4-6-13-15-12(10-21-13)17-11(2)18-15;1-3-20-10-9-15-13(18)8-6-4-5-7-12-11(2)16-14(19)17-12/h2*13H,5-12H2,1-4H3;12-13,15,17-18H,2-10H2,1H3,(H,16,19);11-12H,3-10H2,1-2H3,(H,15,18)(H2,16,17,19)/t;;12-,13-,15-;11-,12+/m..01/s1. The fourth-order valence-corrected chi connectivity index (χ4v) is 11.2. The van der Waals surface area contributed by atoms with E-state index in [0.717, 1.165) is 61.5 Å². The summed E-state index contributed by atoms with van der Waals surface area (Å²) >= 11 is 2.03. The monoisotopic (exact) mass is 1300 g/mol. The molecular formula is C63H112N16O11S. The van der Waals surface area contributed by atoms with E-state index < -0.39 is 11.3 Å². The average molecular weight is 1300 g/mol. The van der Waals surface area contributed by atoms with Gasteiger partial charge in [-0.15, -0.1) is 10.2 Å². The number of urea groups is 1. The number of carbonyl (C=O) groups is 5. The molecule has 7 rings (SSSR count). The fraction of sp³-hybridized carbons (Fsp3) is 0.825. The summed E-state index contributed by atoms with van der Waals surface area (Å²) in [5.41, 5.74) is -0.00585. The fourth-order valence-electron chi connectivity index (χ4n) is 9.69. The first-order chi connectivity index (χ1) is 43.5. The Labute approximate surface area is 545 Å². The molecule has 5 aliphatic rings. The Balaban J connectivity index is 0.000000260. The molecule has 6 N–H and O–H groups in total. The van der Waals surface area contributed by atoms with E-state index in [4.69, 9.17) is 28.4 Å². The van der Waals surface area contributed by atoms with Crippen LogP contribution in [0.5, 0.6) is 0 Å². The summed E-state index contributed by atoms with van der Waals surface area (Å²) in [6.45, 7) is 35.3. The molecule has 3 saturated heterocycles. The van der Waals surface area contributed by atoms with Crippen LogP contribution in [0.25, 0.3) is 0 Å². The van der Waals surface area contributed by atoms with E-state index in [2.05, 4.69) is 79.6 Å². The second-order valence-electron chi connectivity index (χ2n) is 25.4. The predicted octanol–water partition coefficient (Wildman–Crippen LogP) is 7.24. The summed E-state index contributed by atoms with van der Waals surface area (Å²) in [5, 5.41) is 51.9. The number of ketones is 2. The third kappa shape index (κ3) is 32.7. The zero-order valence-corrected chi connectivity index (χ0v) is 57.6. The van der Waals surface area contributed by atoms with Gasteiger partial charge in [-0.2, -0.15) is 32.2 Å². The second-order valence-corrected chi connectivity index (χ2v) is 26.6. The number of hydrogen-bond acceptors (Lipinski definition) is 22. The number of unbranched alkanes of at least 4 members (excludes halogenated alkanes) is 3. The molecule has 28 heteroatoms. The van der Waals surface area contributed by atoms with Crippen molar-refractivity contribution in [3.63, 3.8) is 0 Å². The number of hydrogen-bond donors (Lipinski definition) is 6. The topological polar surface area (TPSA) is 324 Å². The van der Waals surface area contributed by atoms with Crippen molar-refractivity contribution in [1.29, 1.82) is 0 Å². The van der Waals surface area contributed by atoms with Gasteiger partial charge in [0.05, 0.1) is 114 Å². The number of aromatic nitrogens is 6. The molecule has 2 aromatic rings. The van der Waals surface area contributed by atoms with Crippen molar-refractivity contribution in [2.24, 2.45) is 31.3 Å². The largest absolute Gasteiger partial charge is 0.380 e. The molecule has 0 aliphatic carbocycles. The van der Waals surface area contributed by atoms with Crippen LogP contribution in [0.15, 0.2) is 45.3 Å². The number of fused-ring (bicyclic) bond motifs is 1. The minimum Gasteiger partial charge on any atom is -0.380 e. The van der Waals surface area contributed by atoms with Gasteiger partial charge in [-0.05, 0) is 73.1 Å². The van der Waals surface area contributed by atoms with Crippen LogP contribution in [-0.2, 0) is 73.5 Å². The Morgan fingerprint density at radius 1 is 0.604 bits per heavy atom. The van der Waals surface area contributed by atoms with Crippen LogP contribution < -0.4 is 31.9 Å². The highest BCUT2D eigenvalue weighted by Gasteiger charge is 2.45. The van der Waals surface area contributed by atoms with Crippen LogP contribution in [0.3, 0.4) is 0 Å². The minimum absolute atomic E-state index is 0.0730. The lowest BCUT2D eigenvalue weighted by atomic mass is 9.85. The maximum absolute atomic E-state index is 12.2. The first-order valence-electron chi connectivity index (χ1n) is 33.2. The minimum atomic E-state index is -0.531. The summed E-state index contributed by atoms with van der Waals surface area (Å²) < 4.78 is 35.2. The van der Waals surface area contributed by atoms with Gasteiger partial charge in [0.2, 0.25) is 11.8 Å². The van der Waals surface area contributed by atoms with Crippen LogP contribution in [0.1, 0.15) is 171 Å². The van der Waals surface area contributed by atoms with Crippen LogP contribution in [0, 0.1) is 10.8 Å². The van der Waals surface area contributed by atoms with Crippen molar-refractivity contribution in [3.8, 4) is 0 Å². The van der Waals surface area contributed by atoms with E-state index in [1.54, 1.807) is 9.36 Å². The van der Waals surface area contributed by atoms with Crippen LogP contribution in [0.2, 0.25) is 0 Å². The average Bonchev–Trinajstić information content (AvgIpc) is 1.81. The summed E-state index contributed by atoms with van der Waals surface area (Å²) in [6.07, 6.45) is 15.7. The highest BCUT2D eigenvalue weighted by molar-refractivity contribution is 8.00. The lowest BCUT2D eigenvalue weighted by Gasteiger charge is -2.18. The van der Waals surface area contributed by atoms with Gasteiger partial charge in [-0.3, -0.25) is 19.2 Å². The number of thioether (sulfide) groups is 1. The molecule has 5 aliphatic heterocycles. The first-order valence-corrected chi connectivity index (χ1v) is 34.2. The van der Waals surface area contributed by atoms with Gasteiger partial charge in [-0.25, -0.2) is 14.2 Å². The zero-order chi connectivity index (χ0) is 66.6. The number of nitrogens with one attached hydrogen (secondary N) is 6. The van der Waals surface area contributed by atoms with E-state index in [0.29, 0.717) is 174 Å². The van der Waals surface area contributed by atoms with Gasteiger partial charge in [0.15, 0.2) is 11.3 Å². The molecule has 2 aromatic heterocycles. The Hall–Kier alpha value is -5.52. The van der Waals surface area contributed by atoms with E-state index in [9.17, 15) is 24.0 Å². The predicted molar refractivity (Wildman–Crippen MR) is 349 cm³/mol. The molecule has 0 unspecified atom stereocenters. The maximum Gasteiger partial charge on any atom is 0.315 e. The summed E-state index contributed by atoms with van der Waals surface area (Å²) in [6, 6.07) is 1.40.